The Bertz CT molecular complexity index is 1440. The molecule has 4 aromatic rings. The van der Waals surface area contributed by atoms with Gasteiger partial charge in [0, 0.05) is 46.9 Å². The second-order valence-corrected chi connectivity index (χ2v) is 13.1. The molecule has 184 valence electrons. The Morgan fingerprint density at radius 1 is 1.06 bits per heavy atom. The molecular formula is C26H30N4O2S3. The molecule has 0 radical (unpaired) electrons. The van der Waals surface area contributed by atoms with E-state index in [1.54, 1.807) is 36.1 Å². The van der Waals surface area contributed by atoms with Crippen LogP contribution in [0.2, 0.25) is 0 Å². The zero-order valence-corrected chi connectivity index (χ0v) is 22.6. The van der Waals surface area contributed by atoms with E-state index in [1.807, 2.05) is 19.2 Å². The summed E-state index contributed by atoms with van der Waals surface area (Å²) in [5.41, 5.74) is 3.61. The lowest BCUT2D eigenvalue weighted by Crippen LogP contribution is -2.27. The van der Waals surface area contributed by atoms with Gasteiger partial charge in [-0.25, -0.2) is 8.42 Å². The van der Waals surface area contributed by atoms with Crippen LogP contribution in [0.25, 0.3) is 21.5 Å². The molecule has 0 atom stereocenters. The molecule has 1 aliphatic rings. The minimum atomic E-state index is -3.16. The van der Waals surface area contributed by atoms with Crippen molar-refractivity contribution in [1.82, 2.24) is 19.7 Å². The van der Waals surface area contributed by atoms with Gasteiger partial charge in [-0.05, 0) is 55.1 Å². The van der Waals surface area contributed by atoms with Crippen molar-refractivity contribution >= 4 is 43.0 Å². The molecule has 0 unspecified atom stereocenters. The van der Waals surface area contributed by atoms with Gasteiger partial charge in [0.25, 0.3) is 0 Å². The molecule has 0 bridgehead atoms. The van der Waals surface area contributed by atoms with E-state index in [-0.39, 0.29) is 5.75 Å². The van der Waals surface area contributed by atoms with Gasteiger partial charge < -0.3 is 9.47 Å². The molecule has 0 amide bonds. The summed E-state index contributed by atoms with van der Waals surface area (Å²) in [7, 11) is -1.11. The molecule has 5 rings (SSSR count). The number of fused-ring (bicyclic) bond motifs is 2. The van der Waals surface area contributed by atoms with Crippen molar-refractivity contribution in [3.8, 4) is 11.4 Å². The minimum Gasteiger partial charge on any atom is -0.305 e. The molecular weight excluding hydrogens is 497 g/mol. The van der Waals surface area contributed by atoms with Crippen molar-refractivity contribution in [2.45, 2.75) is 36.2 Å². The van der Waals surface area contributed by atoms with Gasteiger partial charge in [-0.2, -0.15) is 0 Å². The fourth-order valence-electron chi connectivity index (χ4n) is 4.61. The number of nitrogens with zero attached hydrogens (tertiary/aromatic N) is 4. The van der Waals surface area contributed by atoms with Crippen LogP contribution in [0.4, 0.5) is 0 Å². The van der Waals surface area contributed by atoms with E-state index in [1.165, 1.54) is 21.2 Å². The van der Waals surface area contributed by atoms with Crippen LogP contribution in [-0.2, 0) is 29.7 Å². The van der Waals surface area contributed by atoms with Gasteiger partial charge in [0.15, 0.2) is 20.8 Å². The molecule has 0 N–H and O–H groups in total. The molecule has 0 saturated heterocycles. The normalized spacial score (nSPS) is 14.8. The Hall–Kier alpha value is -2.20. The first-order valence-electron chi connectivity index (χ1n) is 12.0. The number of hydrogen-bond donors (Lipinski definition) is 0. The molecule has 0 fully saturated rings. The number of aromatic nitrogens is 3. The van der Waals surface area contributed by atoms with Crippen molar-refractivity contribution in [3.05, 3.63) is 59.0 Å². The lowest BCUT2D eigenvalue weighted by molar-refractivity contribution is 0.289. The minimum absolute atomic E-state index is 0.145. The summed E-state index contributed by atoms with van der Waals surface area (Å²) < 4.78 is 27.9. The standard InChI is InChI=1S/C26H30N4O2S3/c1-3-35(31,32)21-10-9-19-11-14-30(15-12-20(19)17-21)13-6-16-33-26-28-27-25(29(26)2)23-18-34-24-8-5-4-7-22(23)24/h4-5,7-10,17-18H,3,6,11-16H2,1-2H3. The summed E-state index contributed by atoms with van der Waals surface area (Å²) in [5.74, 6) is 2.05. The third-order valence-corrected chi connectivity index (χ3v) is 10.5. The van der Waals surface area contributed by atoms with E-state index >= 15 is 0 Å². The van der Waals surface area contributed by atoms with E-state index in [2.05, 4.69) is 49.3 Å². The van der Waals surface area contributed by atoms with Gasteiger partial charge in [0.1, 0.15) is 0 Å². The van der Waals surface area contributed by atoms with Gasteiger partial charge in [-0.15, -0.1) is 21.5 Å². The maximum atomic E-state index is 12.3. The fraction of sp³-hybridized carbons (Fsp3) is 0.385. The predicted octanol–water partition coefficient (Wildman–Crippen LogP) is 5.07. The summed E-state index contributed by atoms with van der Waals surface area (Å²) in [4.78, 5) is 2.95. The van der Waals surface area contributed by atoms with Crippen molar-refractivity contribution in [3.63, 3.8) is 0 Å². The Morgan fingerprint density at radius 3 is 2.69 bits per heavy atom. The maximum Gasteiger partial charge on any atom is 0.191 e. The zero-order valence-electron chi connectivity index (χ0n) is 20.1. The van der Waals surface area contributed by atoms with Crippen molar-refractivity contribution in [1.29, 1.82) is 0 Å². The Morgan fingerprint density at radius 2 is 1.86 bits per heavy atom. The van der Waals surface area contributed by atoms with Crippen LogP contribution in [0, 0.1) is 0 Å². The molecule has 0 aliphatic carbocycles. The highest BCUT2D eigenvalue weighted by atomic mass is 32.2. The van der Waals surface area contributed by atoms with Gasteiger partial charge in [-0.3, -0.25) is 0 Å². The van der Waals surface area contributed by atoms with Crippen LogP contribution >= 0.6 is 23.1 Å². The Labute approximate surface area is 215 Å². The van der Waals surface area contributed by atoms with Gasteiger partial charge in [0.2, 0.25) is 0 Å². The quantitative estimate of drug-likeness (QED) is 0.236. The highest BCUT2D eigenvalue weighted by Gasteiger charge is 2.19. The molecule has 1 aliphatic heterocycles. The van der Waals surface area contributed by atoms with Gasteiger partial charge in [-0.1, -0.05) is 43.0 Å². The third kappa shape index (κ3) is 5.18. The fourth-order valence-corrected chi connectivity index (χ4v) is 7.31. The average molecular weight is 527 g/mol. The topological polar surface area (TPSA) is 68.1 Å². The number of sulfone groups is 1. The summed E-state index contributed by atoms with van der Waals surface area (Å²) in [6.07, 6.45) is 2.94. The van der Waals surface area contributed by atoms with Crippen LogP contribution in [-0.4, -0.2) is 59.2 Å². The number of thiophene rings is 1. The molecule has 0 saturated carbocycles. The highest BCUT2D eigenvalue weighted by Crippen LogP contribution is 2.34. The lowest BCUT2D eigenvalue weighted by atomic mass is 10.0. The molecule has 2 aromatic heterocycles. The van der Waals surface area contributed by atoms with Crippen LogP contribution in [0.1, 0.15) is 24.5 Å². The van der Waals surface area contributed by atoms with E-state index < -0.39 is 9.84 Å². The lowest BCUT2D eigenvalue weighted by Gasteiger charge is -2.19. The first-order chi connectivity index (χ1) is 17.0. The molecule has 35 heavy (non-hydrogen) atoms. The van der Waals surface area contributed by atoms with Crippen molar-refractivity contribution < 1.29 is 8.42 Å². The smallest absolute Gasteiger partial charge is 0.191 e. The van der Waals surface area contributed by atoms with Gasteiger partial charge >= 0.3 is 0 Å². The number of thioether (sulfide) groups is 1. The third-order valence-electron chi connectivity index (χ3n) is 6.72. The van der Waals surface area contributed by atoms with Crippen LogP contribution < -0.4 is 0 Å². The van der Waals surface area contributed by atoms with E-state index in [4.69, 9.17) is 0 Å². The van der Waals surface area contributed by atoms with E-state index in [0.29, 0.717) is 4.90 Å². The molecule has 0 spiro atoms. The number of hydrogen-bond acceptors (Lipinski definition) is 7. The SMILES string of the molecule is CCS(=O)(=O)c1ccc2c(c1)CCN(CCCSc1nnc(-c3csc4ccccc34)n1C)CC2. The van der Waals surface area contributed by atoms with Crippen LogP contribution in [0.5, 0.6) is 0 Å². The second kappa shape index (κ2) is 10.4. The summed E-state index contributed by atoms with van der Waals surface area (Å²) in [6, 6.07) is 14.1. The number of rotatable bonds is 8. The number of benzene rings is 2. The second-order valence-electron chi connectivity index (χ2n) is 8.89. The molecule has 6 nitrogen and oxygen atoms in total. The Balaban J connectivity index is 1.15. The first kappa shape index (κ1) is 24.5. The van der Waals surface area contributed by atoms with E-state index in [0.717, 1.165) is 61.2 Å². The molecule has 3 heterocycles. The van der Waals surface area contributed by atoms with Crippen LogP contribution in [0.15, 0.2) is 57.9 Å². The summed E-state index contributed by atoms with van der Waals surface area (Å²) >= 11 is 3.50. The zero-order chi connectivity index (χ0) is 24.4. The highest BCUT2D eigenvalue weighted by molar-refractivity contribution is 7.99. The molecule has 9 heteroatoms. The summed E-state index contributed by atoms with van der Waals surface area (Å²) in [6.45, 7) is 4.71. The Kier molecular flexibility index (Phi) is 7.29. The van der Waals surface area contributed by atoms with E-state index in [9.17, 15) is 8.42 Å². The summed E-state index contributed by atoms with van der Waals surface area (Å²) in [5, 5.41) is 13.3. The van der Waals surface area contributed by atoms with Gasteiger partial charge in [0.05, 0.1) is 10.6 Å². The van der Waals surface area contributed by atoms with Crippen LogP contribution in [0.3, 0.4) is 0 Å². The first-order valence-corrected chi connectivity index (χ1v) is 15.5. The average Bonchev–Trinajstić information content (AvgIpc) is 3.39. The maximum absolute atomic E-state index is 12.3. The van der Waals surface area contributed by atoms with Crippen molar-refractivity contribution in [2.24, 2.45) is 7.05 Å². The monoisotopic (exact) mass is 526 g/mol. The molecule has 2 aromatic carbocycles. The van der Waals surface area contributed by atoms with Crippen molar-refractivity contribution in [2.75, 3.05) is 31.1 Å². The predicted molar refractivity (Wildman–Crippen MR) is 145 cm³/mol. The largest absolute Gasteiger partial charge is 0.305 e.